The molecule has 0 aromatic heterocycles. The number of halogens is 1. The normalized spacial score (nSPS) is 42.0. The van der Waals surface area contributed by atoms with Crippen LogP contribution in [0.5, 0.6) is 0 Å². The van der Waals surface area contributed by atoms with E-state index in [-0.39, 0.29) is 0 Å². The van der Waals surface area contributed by atoms with Gasteiger partial charge in [0, 0.05) is 24.3 Å². The highest BCUT2D eigenvalue weighted by Crippen LogP contribution is 2.61. The number of nitrogens with zero attached hydrogens (tertiary/aromatic N) is 1. The third-order valence-corrected chi connectivity index (χ3v) is 6.68. The fraction of sp³-hybridized carbons (Fsp3) is 0.941. The van der Waals surface area contributed by atoms with Crippen molar-refractivity contribution >= 4 is 21.8 Å². The molecule has 2 nitrogen and oxygen atoms in total. The zero-order valence-electron chi connectivity index (χ0n) is 12.3. The second-order valence-electron chi connectivity index (χ2n) is 8.10. The SMILES string of the molecule is O=C(CC12CC3CC(CC(C3)C1)C2)N(CCBr)C1CC1. The average molecular weight is 340 g/mol. The van der Waals surface area contributed by atoms with Crippen molar-refractivity contribution in [2.75, 3.05) is 11.9 Å². The van der Waals surface area contributed by atoms with E-state index in [9.17, 15) is 4.79 Å². The van der Waals surface area contributed by atoms with Crippen LogP contribution in [0.15, 0.2) is 0 Å². The molecule has 1 amide bonds. The van der Waals surface area contributed by atoms with E-state index in [1.165, 1.54) is 51.4 Å². The Balaban J connectivity index is 1.46. The lowest BCUT2D eigenvalue weighted by molar-refractivity contribution is -0.139. The van der Waals surface area contributed by atoms with Crippen LogP contribution in [0.25, 0.3) is 0 Å². The van der Waals surface area contributed by atoms with Gasteiger partial charge in [0.15, 0.2) is 0 Å². The number of hydrogen-bond donors (Lipinski definition) is 0. The summed E-state index contributed by atoms with van der Waals surface area (Å²) in [6.07, 6.45) is 11.8. The van der Waals surface area contributed by atoms with E-state index in [0.717, 1.165) is 36.0 Å². The Hall–Kier alpha value is -0.0500. The minimum absolute atomic E-state index is 0.408. The van der Waals surface area contributed by atoms with Gasteiger partial charge in [-0.1, -0.05) is 15.9 Å². The largest absolute Gasteiger partial charge is 0.339 e. The molecule has 5 saturated carbocycles. The van der Waals surface area contributed by atoms with E-state index < -0.39 is 0 Å². The topological polar surface area (TPSA) is 20.3 Å². The van der Waals surface area contributed by atoms with Crippen LogP contribution in [0.2, 0.25) is 0 Å². The molecule has 0 atom stereocenters. The van der Waals surface area contributed by atoms with Crippen LogP contribution in [0, 0.1) is 23.2 Å². The van der Waals surface area contributed by atoms with Crippen molar-refractivity contribution in [1.82, 2.24) is 4.90 Å². The standard InChI is InChI=1S/C17H26BrNO/c18-3-4-19(15-1-2-15)16(20)11-17-8-12-5-13(9-17)7-14(6-12)10-17/h12-15H,1-11H2. The first-order valence-electron chi connectivity index (χ1n) is 8.53. The second-order valence-corrected chi connectivity index (χ2v) is 8.89. The number of alkyl halides is 1. The van der Waals surface area contributed by atoms with E-state index in [1.807, 2.05) is 0 Å². The highest BCUT2D eigenvalue weighted by molar-refractivity contribution is 9.09. The maximum Gasteiger partial charge on any atom is 0.223 e. The lowest BCUT2D eigenvalue weighted by Crippen LogP contribution is -2.48. The van der Waals surface area contributed by atoms with Crippen molar-refractivity contribution < 1.29 is 4.79 Å². The Bertz CT molecular complexity index is 369. The molecule has 5 aliphatic carbocycles. The molecule has 0 aliphatic heterocycles. The minimum atomic E-state index is 0.408. The maximum absolute atomic E-state index is 12.8. The molecular formula is C17H26BrNO. The molecule has 0 aromatic rings. The van der Waals surface area contributed by atoms with Gasteiger partial charge in [0.2, 0.25) is 5.91 Å². The summed E-state index contributed by atoms with van der Waals surface area (Å²) in [6, 6.07) is 0.578. The van der Waals surface area contributed by atoms with Gasteiger partial charge in [0.1, 0.15) is 0 Å². The highest BCUT2D eigenvalue weighted by Gasteiger charge is 2.52. The Morgan fingerprint density at radius 2 is 1.60 bits per heavy atom. The van der Waals surface area contributed by atoms with E-state index in [2.05, 4.69) is 20.8 Å². The molecule has 5 aliphatic rings. The molecule has 0 unspecified atom stereocenters. The van der Waals surface area contributed by atoms with Crippen molar-refractivity contribution in [1.29, 1.82) is 0 Å². The molecule has 5 fully saturated rings. The number of amides is 1. The van der Waals surface area contributed by atoms with Gasteiger partial charge in [-0.3, -0.25) is 4.79 Å². The van der Waals surface area contributed by atoms with Gasteiger partial charge in [0.05, 0.1) is 0 Å². The lowest BCUT2D eigenvalue weighted by atomic mass is 9.49. The predicted octanol–water partition coefficient (Wildman–Crippen LogP) is 3.98. The first-order chi connectivity index (χ1) is 9.67. The Morgan fingerprint density at radius 1 is 1.05 bits per heavy atom. The molecule has 3 heteroatoms. The van der Waals surface area contributed by atoms with Gasteiger partial charge < -0.3 is 4.90 Å². The maximum atomic E-state index is 12.8. The van der Waals surface area contributed by atoms with E-state index in [0.29, 0.717) is 17.4 Å². The fourth-order valence-corrected chi connectivity index (χ4v) is 6.30. The predicted molar refractivity (Wildman–Crippen MR) is 83.8 cm³/mol. The number of hydrogen-bond acceptors (Lipinski definition) is 1. The zero-order valence-corrected chi connectivity index (χ0v) is 13.9. The van der Waals surface area contributed by atoms with Gasteiger partial charge >= 0.3 is 0 Å². The number of rotatable bonds is 5. The monoisotopic (exact) mass is 339 g/mol. The quantitative estimate of drug-likeness (QED) is 0.693. The van der Waals surface area contributed by atoms with Crippen LogP contribution in [0.3, 0.4) is 0 Å². The third kappa shape index (κ3) is 2.44. The second kappa shape index (κ2) is 5.00. The molecule has 0 N–H and O–H groups in total. The van der Waals surface area contributed by atoms with Crippen LogP contribution in [-0.2, 0) is 4.79 Å². The molecule has 0 heterocycles. The van der Waals surface area contributed by atoms with Crippen molar-refractivity contribution in [2.45, 2.75) is 63.8 Å². The summed E-state index contributed by atoms with van der Waals surface area (Å²) in [5.74, 6) is 3.34. The fourth-order valence-electron chi connectivity index (χ4n) is 5.92. The minimum Gasteiger partial charge on any atom is -0.339 e. The summed E-state index contributed by atoms with van der Waals surface area (Å²) >= 11 is 3.51. The molecule has 0 radical (unpaired) electrons. The molecule has 112 valence electrons. The Morgan fingerprint density at radius 3 is 2.05 bits per heavy atom. The first kappa shape index (κ1) is 13.6. The molecule has 5 rings (SSSR count). The molecular weight excluding hydrogens is 314 g/mol. The van der Waals surface area contributed by atoms with Crippen LogP contribution in [0.4, 0.5) is 0 Å². The van der Waals surface area contributed by atoms with Crippen LogP contribution < -0.4 is 0 Å². The highest BCUT2D eigenvalue weighted by atomic mass is 79.9. The molecule has 0 saturated heterocycles. The van der Waals surface area contributed by atoms with Crippen molar-refractivity contribution in [3.05, 3.63) is 0 Å². The first-order valence-corrected chi connectivity index (χ1v) is 9.65. The third-order valence-electron chi connectivity index (χ3n) is 6.32. The van der Waals surface area contributed by atoms with Gasteiger partial charge in [-0.15, -0.1) is 0 Å². The summed E-state index contributed by atoms with van der Waals surface area (Å²) in [7, 11) is 0. The average Bonchev–Trinajstić information content (AvgIpc) is 3.17. The van der Waals surface area contributed by atoms with Gasteiger partial charge in [-0.2, -0.15) is 0 Å². The van der Waals surface area contributed by atoms with Crippen LogP contribution in [-0.4, -0.2) is 28.7 Å². The van der Waals surface area contributed by atoms with Gasteiger partial charge in [0.25, 0.3) is 0 Å². The van der Waals surface area contributed by atoms with Crippen LogP contribution >= 0.6 is 15.9 Å². The van der Waals surface area contributed by atoms with E-state index >= 15 is 0 Å². The molecule has 4 bridgehead atoms. The summed E-state index contributed by atoms with van der Waals surface area (Å²) in [5, 5.41) is 0.927. The van der Waals surface area contributed by atoms with Crippen molar-refractivity contribution in [3.63, 3.8) is 0 Å². The van der Waals surface area contributed by atoms with Gasteiger partial charge in [-0.25, -0.2) is 0 Å². The summed E-state index contributed by atoms with van der Waals surface area (Å²) in [4.78, 5) is 15.0. The van der Waals surface area contributed by atoms with E-state index in [4.69, 9.17) is 0 Å². The summed E-state index contributed by atoms with van der Waals surface area (Å²) < 4.78 is 0. The Kier molecular flexibility index (Phi) is 3.40. The molecule has 0 spiro atoms. The van der Waals surface area contributed by atoms with Crippen LogP contribution in [0.1, 0.15) is 57.8 Å². The smallest absolute Gasteiger partial charge is 0.223 e. The van der Waals surface area contributed by atoms with Gasteiger partial charge in [-0.05, 0) is 74.5 Å². The summed E-state index contributed by atoms with van der Waals surface area (Å²) in [6.45, 7) is 0.913. The summed E-state index contributed by atoms with van der Waals surface area (Å²) in [5.41, 5.74) is 0.408. The van der Waals surface area contributed by atoms with Crippen molar-refractivity contribution in [2.24, 2.45) is 23.2 Å². The number of carbonyl (C=O) groups excluding carboxylic acids is 1. The zero-order chi connectivity index (χ0) is 13.7. The molecule has 0 aromatic carbocycles. The van der Waals surface area contributed by atoms with Crippen molar-refractivity contribution in [3.8, 4) is 0 Å². The number of carbonyl (C=O) groups is 1. The lowest BCUT2D eigenvalue weighted by Gasteiger charge is -2.57. The Labute approximate surface area is 130 Å². The van der Waals surface area contributed by atoms with E-state index in [1.54, 1.807) is 0 Å². The molecule has 20 heavy (non-hydrogen) atoms.